The van der Waals surface area contributed by atoms with Crippen molar-refractivity contribution in [2.75, 3.05) is 31.1 Å². The van der Waals surface area contributed by atoms with E-state index in [1.165, 1.54) is 5.56 Å². The number of amides is 1. The largest absolute Gasteiger partial charge is 0.353 e. The maximum absolute atomic E-state index is 11.2. The molecule has 1 aliphatic heterocycles. The van der Waals surface area contributed by atoms with Gasteiger partial charge in [-0.15, -0.1) is 0 Å². The lowest BCUT2D eigenvalue weighted by atomic mass is 10.2. The lowest BCUT2D eigenvalue weighted by Crippen LogP contribution is -2.48. The molecular formula is C14H23N3O. The first kappa shape index (κ1) is 14.5. The van der Waals surface area contributed by atoms with Crippen LogP contribution in [0.2, 0.25) is 0 Å². The lowest BCUT2D eigenvalue weighted by molar-refractivity contribution is -0.129. The minimum atomic E-state index is 0.164. The molecule has 2 rings (SSSR count). The molecule has 18 heavy (non-hydrogen) atoms. The van der Waals surface area contributed by atoms with Crippen molar-refractivity contribution in [3.05, 3.63) is 23.9 Å². The Morgan fingerprint density at radius 1 is 1.22 bits per heavy atom. The Labute approximate surface area is 110 Å². The van der Waals surface area contributed by atoms with Crippen LogP contribution >= 0.6 is 0 Å². The summed E-state index contributed by atoms with van der Waals surface area (Å²) in [6.45, 7) is 11.0. The minimum absolute atomic E-state index is 0.164. The molecule has 1 saturated heterocycles. The Bertz CT molecular complexity index is 384. The summed E-state index contributed by atoms with van der Waals surface area (Å²) in [7, 11) is 0. The van der Waals surface area contributed by atoms with Crippen LogP contribution in [0.1, 0.15) is 26.3 Å². The molecule has 1 aliphatic rings. The predicted molar refractivity (Wildman–Crippen MR) is 74.8 cm³/mol. The van der Waals surface area contributed by atoms with Crippen LogP contribution in [-0.4, -0.2) is 42.0 Å². The molecule has 4 heteroatoms. The van der Waals surface area contributed by atoms with E-state index >= 15 is 0 Å². The van der Waals surface area contributed by atoms with Gasteiger partial charge in [0.15, 0.2) is 0 Å². The van der Waals surface area contributed by atoms with Crippen LogP contribution < -0.4 is 4.90 Å². The minimum Gasteiger partial charge on any atom is -0.353 e. The second kappa shape index (κ2) is 6.99. The number of carbonyl (C=O) groups is 1. The summed E-state index contributed by atoms with van der Waals surface area (Å²) in [5.41, 5.74) is 1.22. The number of anilines is 1. The maximum Gasteiger partial charge on any atom is 0.219 e. The molecule has 1 amide bonds. The molecule has 0 spiro atoms. The van der Waals surface area contributed by atoms with Gasteiger partial charge < -0.3 is 9.80 Å². The van der Waals surface area contributed by atoms with Crippen molar-refractivity contribution in [3.8, 4) is 0 Å². The van der Waals surface area contributed by atoms with Crippen LogP contribution in [0, 0.1) is 6.92 Å². The summed E-state index contributed by atoms with van der Waals surface area (Å²) < 4.78 is 0. The monoisotopic (exact) mass is 249 g/mol. The maximum atomic E-state index is 11.2. The second-order valence-electron chi connectivity index (χ2n) is 4.18. The highest BCUT2D eigenvalue weighted by molar-refractivity contribution is 5.73. The van der Waals surface area contributed by atoms with E-state index in [9.17, 15) is 4.79 Å². The van der Waals surface area contributed by atoms with Crippen molar-refractivity contribution in [1.82, 2.24) is 9.88 Å². The number of pyridine rings is 1. The molecule has 0 atom stereocenters. The number of aromatic nitrogens is 1. The fraction of sp³-hybridized carbons (Fsp3) is 0.571. The Hall–Kier alpha value is -1.58. The predicted octanol–water partition coefficient (Wildman–Crippen LogP) is 2.08. The van der Waals surface area contributed by atoms with Gasteiger partial charge in [-0.1, -0.05) is 13.8 Å². The fourth-order valence-corrected chi connectivity index (χ4v) is 1.94. The molecule has 100 valence electrons. The Balaban J connectivity index is 0.000000771. The quantitative estimate of drug-likeness (QED) is 0.764. The molecule has 1 aromatic rings. The van der Waals surface area contributed by atoms with Crippen molar-refractivity contribution in [2.45, 2.75) is 27.7 Å². The second-order valence-corrected chi connectivity index (χ2v) is 4.18. The third-order valence-electron chi connectivity index (χ3n) is 2.95. The van der Waals surface area contributed by atoms with Crippen LogP contribution in [0.25, 0.3) is 0 Å². The Morgan fingerprint density at radius 2 is 1.83 bits per heavy atom. The topological polar surface area (TPSA) is 36.4 Å². The summed E-state index contributed by atoms with van der Waals surface area (Å²) in [4.78, 5) is 19.7. The lowest BCUT2D eigenvalue weighted by Gasteiger charge is -2.34. The highest BCUT2D eigenvalue weighted by Gasteiger charge is 2.19. The Kier molecular flexibility index (Phi) is 5.62. The van der Waals surface area contributed by atoms with Gasteiger partial charge in [0.05, 0.1) is 0 Å². The van der Waals surface area contributed by atoms with E-state index in [1.54, 1.807) is 6.92 Å². The van der Waals surface area contributed by atoms with Gasteiger partial charge in [0, 0.05) is 39.3 Å². The van der Waals surface area contributed by atoms with Crippen LogP contribution in [0.3, 0.4) is 0 Å². The fourth-order valence-electron chi connectivity index (χ4n) is 1.94. The average molecular weight is 249 g/mol. The molecular weight excluding hydrogens is 226 g/mol. The third kappa shape index (κ3) is 3.72. The van der Waals surface area contributed by atoms with E-state index in [4.69, 9.17) is 0 Å². The molecule has 1 fully saturated rings. The first-order valence-electron chi connectivity index (χ1n) is 6.60. The number of rotatable bonds is 1. The number of nitrogens with zero attached hydrogens (tertiary/aromatic N) is 3. The van der Waals surface area contributed by atoms with E-state index < -0.39 is 0 Å². The van der Waals surface area contributed by atoms with Crippen LogP contribution in [0.4, 0.5) is 5.82 Å². The van der Waals surface area contributed by atoms with Crippen molar-refractivity contribution in [2.24, 2.45) is 0 Å². The van der Waals surface area contributed by atoms with Crippen molar-refractivity contribution < 1.29 is 4.79 Å². The van der Waals surface area contributed by atoms with Crippen LogP contribution in [0.15, 0.2) is 18.3 Å². The third-order valence-corrected chi connectivity index (χ3v) is 2.95. The molecule has 0 N–H and O–H groups in total. The van der Waals surface area contributed by atoms with Crippen molar-refractivity contribution in [3.63, 3.8) is 0 Å². The average Bonchev–Trinajstić information content (AvgIpc) is 2.41. The van der Waals surface area contributed by atoms with Gasteiger partial charge in [0.25, 0.3) is 0 Å². The zero-order valence-corrected chi connectivity index (χ0v) is 11.8. The molecule has 0 aliphatic carbocycles. The molecule has 4 nitrogen and oxygen atoms in total. The number of carbonyl (C=O) groups excluding carboxylic acids is 1. The highest BCUT2D eigenvalue weighted by atomic mass is 16.2. The van der Waals surface area contributed by atoms with E-state index in [1.807, 2.05) is 31.0 Å². The van der Waals surface area contributed by atoms with Gasteiger partial charge in [-0.3, -0.25) is 4.79 Å². The number of aryl methyl sites for hydroxylation is 1. The van der Waals surface area contributed by atoms with E-state index in [-0.39, 0.29) is 5.91 Å². The molecule has 1 aromatic heterocycles. The molecule has 0 unspecified atom stereocenters. The first-order chi connectivity index (χ1) is 8.66. The van der Waals surface area contributed by atoms with Crippen molar-refractivity contribution >= 4 is 11.7 Å². The summed E-state index contributed by atoms with van der Waals surface area (Å²) in [6, 6.07) is 4.08. The summed E-state index contributed by atoms with van der Waals surface area (Å²) >= 11 is 0. The van der Waals surface area contributed by atoms with Gasteiger partial charge >= 0.3 is 0 Å². The summed E-state index contributed by atoms with van der Waals surface area (Å²) in [6.07, 6.45) is 1.84. The first-order valence-corrected chi connectivity index (χ1v) is 6.60. The van der Waals surface area contributed by atoms with Gasteiger partial charge in [-0.25, -0.2) is 4.98 Å². The van der Waals surface area contributed by atoms with Gasteiger partial charge in [-0.05, 0) is 24.6 Å². The summed E-state index contributed by atoms with van der Waals surface area (Å²) in [5, 5.41) is 0. The van der Waals surface area contributed by atoms with E-state index in [0.29, 0.717) is 0 Å². The summed E-state index contributed by atoms with van der Waals surface area (Å²) in [5.74, 6) is 1.18. The molecule has 0 saturated carbocycles. The van der Waals surface area contributed by atoms with E-state index in [0.717, 1.165) is 32.0 Å². The standard InChI is InChI=1S/C12H17N3O.C2H6/c1-10-3-4-13-12(9-10)15-7-5-14(6-8-15)11(2)16;1-2/h3-4,9H,5-8H2,1-2H3;1-2H3. The molecule has 0 bridgehead atoms. The molecule has 2 heterocycles. The zero-order chi connectivity index (χ0) is 13.5. The SMILES string of the molecule is CC.CC(=O)N1CCN(c2cc(C)ccn2)CC1. The van der Waals surface area contributed by atoms with Gasteiger partial charge in [-0.2, -0.15) is 0 Å². The number of piperazine rings is 1. The van der Waals surface area contributed by atoms with Gasteiger partial charge in [0.1, 0.15) is 5.82 Å². The zero-order valence-electron chi connectivity index (χ0n) is 11.8. The van der Waals surface area contributed by atoms with Gasteiger partial charge in [0.2, 0.25) is 5.91 Å². The molecule has 0 aromatic carbocycles. The molecule has 0 radical (unpaired) electrons. The highest BCUT2D eigenvalue weighted by Crippen LogP contribution is 2.14. The Morgan fingerprint density at radius 3 is 2.33 bits per heavy atom. The van der Waals surface area contributed by atoms with Crippen LogP contribution in [-0.2, 0) is 4.79 Å². The van der Waals surface area contributed by atoms with Crippen LogP contribution in [0.5, 0.6) is 0 Å². The normalized spacial score (nSPS) is 14.9. The number of hydrogen-bond donors (Lipinski definition) is 0. The van der Waals surface area contributed by atoms with Crippen molar-refractivity contribution in [1.29, 1.82) is 0 Å². The number of hydrogen-bond acceptors (Lipinski definition) is 3. The van der Waals surface area contributed by atoms with E-state index in [2.05, 4.69) is 22.9 Å². The smallest absolute Gasteiger partial charge is 0.219 e.